The smallest absolute Gasteiger partial charge is 0.253 e. The zero-order valence-electron chi connectivity index (χ0n) is 16.7. The summed E-state index contributed by atoms with van der Waals surface area (Å²) >= 11 is 0. The molecule has 1 amide bonds. The van der Waals surface area contributed by atoms with Crippen LogP contribution < -0.4 is 16.4 Å². The van der Waals surface area contributed by atoms with Crippen LogP contribution >= 0.6 is 24.8 Å². The first kappa shape index (κ1) is 24.1. The third-order valence-corrected chi connectivity index (χ3v) is 5.36. The predicted octanol–water partition coefficient (Wildman–Crippen LogP) is 1.83. The zero-order valence-corrected chi connectivity index (χ0v) is 18.3. The van der Waals surface area contributed by atoms with E-state index in [1.54, 1.807) is 6.07 Å². The molecular formula is C20H28Cl2N6O2. The molecule has 2 saturated heterocycles. The Morgan fingerprint density at radius 2 is 1.80 bits per heavy atom. The predicted molar refractivity (Wildman–Crippen MR) is 122 cm³/mol. The molecule has 0 bridgehead atoms. The molecule has 164 valence electrons. The van der Waals surface area contributed by atoms with Crippen molar-refractivity contribution >= 4 is 42.5 Å². The summed E-state index contributed by atoms with van der Waals surface area (Å²) in [7, 11) is 0. The van der Waals surface area contributed by atoms with Gasteiger partial charge >= 0.3 is 0 Å². The molecular weight excluding hydrogens is 427 g/mol. The molecule has 1 atom stereocenters. The molecule has 2 aliphatic rings. The standard InChI is InChI=1S/C20H26N6O2.2ClH/c21-12-14-5-6-26(13-14)19(27)16-3-1-15(2-4-16)17-11-18(22)24-20(23-17)25-7-9-28-10-8-25;;/h1-4,11,14H,5-10,12-13,21H2,(H2,22,23,24);2*1H. The number of hydrogen-bond acceptors (Lipinski definition) is 7. The monoisotopic (exact) mass is 454 g/mol. The summed E-state index contributed by atoms with van der Waals surface area (Å²) in [6.07, 6.45) is 0.977. The quantitative estimate of drug-likeness (QED) is 0.724. The molecule has 4 N–H and O–H groups in total. The van der Waals surface area contributed by atoms with Crippen molar-refractivity contribution in [3.05, 3.63) is 35.9 Å². The van der Waals surface area contributed by atoms with E-state index in [2.05, 4.69) is 14.9 Å². The van der Waals surface area contributed by atoms with Gasteiger partial charge in [-0.25, -0.2) is 4.98 Å². The Morgan fingerprint density at radius 1 is 1.10 bits per heavy atom. The number of nitrogens with zero attached hydrogens (tertiary/aromatic N) is 4. The van der Waals surface area contributed by atoms with Gasteiger partial charge in [0.05, 0.1) is 18.9 Å². The van der Waals surface area contributed by atoms with Crippen molar-refractivity contribution in [2.75, 3.05) is 56.6 Å². The summed E-state index contributed by atoms with van der Waals surface area (Å²) in [6, 6.07) is 9.27. The number of amides is 1. The van der Waals surface area contributed by atoms with Crippen molar-refractivity contribution in [3.63, 3.8) is 0 Å². The fraction of sp³-hybridized carbons (Fsp3) is 0.450. The highest BCUT2D eigenvalue weighted by Crippen LogP contribution is 2.24. The maximum Gasteiger partial charge on any atom is 0.253 e. The highest BCUT2D eigenvalue weighted by atomic mass is 35.5. The average Bonchev–Trinajstić information content (AvgIpc) is 3.23. The van der Waals surface area contributed by atoms with Crippen LogP contribution in [0.25, 0.3) is 11.3 Å². The van der Waals surface area contributed by atoms with Gasteiger partial charge in [-0.05, 0) is 31.0 Å². The number of halogens is 2. The van der Waals surface area contributed by atoms with Gasteiger partial charge < -0.3 is 26.0 Å². The van der Waals surface area contributed by atoms with Crippen LogP contribution in [-0.2, 0) is 4.74 Å². The number of rotatable bonds is 4. The number of nitrogens with two attached hydrogens (primary N) is 2. The third kappa shape index (κ3) is 5.31. The Hall–Kier alpha value is -2.13. The number of hydrogen-bond donors (Lipinski definition) is 2. The Balaban J connectivity index is 0.00000160. The summed E-state index contributed by atoms with van der Waals surface area (Å²) in [5.74, 6) is 1.50. The fourth-order valence-electron chi connectivity index (χ4n) is 3.68. The molecule has 30 heavy (non-hydrogen) atoms. The molecule has 1 aromatic heterocycles. The molecule has 4 rings (SSSR count). The SMILES string of the molecule is Cl.Cl.NCC1CCN(C(=O)c2ccc(-c3cc(N)nc(N4CCOCC4)n3)cc2)C1. The van der Waals surface area contributed by atoms with E-state index in [1.807, 2.05) is 29.2 Å². The van der Waals surface area contributed by atoms with Crippen LogP contribution in [-0.4, -0.2) is 66.7 Å². The van der Waals surface area contributed by atoms with Crippen LogP contribution in [0.15, 0.2) is 30.3 Å². The van der Waals surface area contributed by atoms with E-state index < -0.39 is 0 Å². The molecule has 3 heterocycles. The summed E-state index contributed by atoms with van der Waals surface area (Å²) < 4.78 is 5.39. The van der Waals surface area contributed by atoms with Crippen LogP contribution in [0.5, 0.6) is 0 Å². The van der Waals surface area contributed by atoms with E-state index in [0.717, 1.165) is 43.9 Å². The van der Waals surface area contributed by atoms with Crippen LogP contribution in [0.4, 0.5) is 11.8 Å². The molecule has 10 heteroatoms. The van der Waals surface area contributed by atoms with E-state index in [4.69, 9.17) is 16.2 Å². The van der Waals surface area contributed by atoms with E-state index in [9.17, 15) is 4.79 Å². The first-order valence-electron chi connectivity index (χ1n) is 9.71. The minimum absolute atomic E-state index is 0. The zero-order chi connectivity index (χ0) is 19.5. The average molecular weight is 455 g/mol. The first-order chi connectivity index (χ1) is 13.6. The Kier molecular flexibility index (Phi) is 8.66. The summed E-state index contributed by atoms with van der Waals surface area (Å²) in [5.41, 5.74) is 14.1. The van der Waals surface area contributed by atoms with Gasteiger partial charge in [-0.2, -0.15) is 4.98 Å². The molecule has 2 fully saturated rings. The lowest BCUT2D eigenvalue weighted by Gasteiger charge is -2.27. The van der Waals surface area contributed by atoms with Gasteiger partial charge in [-0.3, -0.25) is 4.79 Å². The molecule has 0 radical (unpaired) electrons. The second kappa shape index (κ2) is 10.8. The number of carbonyl (C=O) groups is 1. The van der Waals surface area contributed by atoms with Crippen molar-refractivity contribution in [2.45, 2.75) is 6.42 Å². The third-order valence-electron chi connectivity index (χ3n) is 5.36. The van der Waals surface area contributed by atoms with E-state index in [1.165, 1.54) is 0 Å². The molecule has 0 aliphatic carbocycles. The van der Waals surface area contributed by atoms with Crippen molar-refractivity contribution in [1.82, 2.24) is 14.9 Å². The van der Waals surface area contributed by atoms with Gasteiger partial charge in [0, 0.05) is 43.4 Å². The molecule has 0 spiro atoms. The lowest BCUT2D eigenvalue weighted by atomic mass is 10.1. The number of nitrogen functional groups attached to an aromatic ring is 1. The van der Waals surface area contributed by atoms with E-state index in [0.29, 0.717) is 43.0 Å². The van der Waals surface area contributed by atoms with Gasteiger partial charge in [-0.15, -0.1) is 24.8 Å². The van der Waals surface area contributed by atoms with Crippen molar-refractivity contribution in [2.24, 2.45) is 11.7 Å². The second-order valence-corrected chi connectivity index (χ2v) is 7.30. The normalized spacial score (nSPS) is 18.5. The van der Waals surface area contributed by atoms with Crippen molar-refractivity contribution < 1.29 is 9.53 Å². The fourth-order valence-corrected chi connectivity index (χ4v) is 3.68. The number of benzene rings is 1. The van der Waals surface area contributed by atoms with Gasteiger partial charge in [0.1, 0.15) is 5.82 Å². The number of carbonyl (C=O) groups excluding carboxylic acids is 1. The lowest BCUT2D eigenvalue weighted by molar-refractivity contribution is 0.0787. The van der Waals surface area contributed by atoms with Crippen LogP contribution in [0, 0.1) is 5.92 Å². The van der Waals surface area contributed by atoms with E-state index >= 15 is 0 Å². The van der Waals surface area contributed by atoms with Crippen molar-refractivity contribution in [1.29, 1.82) is 0 Å². The molecule has 0 saturated carbocycles. The van der Waals surface area contributed by atoms with Gasteiger partial charge in [0.15, 0.2) is 0 Å². The first-order valence-corrected chi connectivity index (χ1v) is 9.71. The largest absolute Gasteiger partial charge is 0.384 e. The number of aromatic nitrogens is 2. The minimum Gasteiger partial charge on any atom is -0.384 e. The van der Waals surface area contributed by atoms with Crippen LogP contribution in [0.1, 0.15) is 16.8 Å². The van der Waals surface area contributed by atoms with Gasteiger partial charge in [-0.1, -0.05) is 12.1 Å². The molecule has 8 nitrogen and oxygen atoms in total. The van der Waals surface area contributed by atoms with Gasteiger partial charge in [0.2, 0.25) is 5.95 Å². The summed E-state index contributed by atoms with van der Waals surface area (Å²) in [5, 5.41) is 0. The highest BCUT2D eigenvalue weighted by Gasteiger charge is 2.26. The Labute approximate surface area is 188 Å². The van der Waals surface area contributed by atoms with Crippen LogP contribution in [0.3, 0.4) is 0 Å². The maximum atomic E-state index is 12.7. The minimum atomic E-state index is 0. The Bertz CT molecular complexity index is 846. The van der Waals surface area contributed by atoms with Crippen LogP contribution in [0.2, 0.25) is 0 Å². The topological polar surface area (TPSA) is 111 Å². The summed E-state index contributed by atoms with van der Waals surface area (Å²) in [4.78, 5) is 25.7. The maximum absolute atomic E-state index is 12.7. The molecule has 2 aromatic rings. The summed E-state index contributed by atoms with van der Waals surface area (Å²) in [6.45, 7) is 4.95. The molecule has 1 aromatic carbocycles. The Morgan fingerprint density at radius 3 is 2.43 bits per heavy atom. The second-order valence-electron chi connectivity index (χ2n) is 7.30. The number of ether oxygens (including phenoxy) is 1. The number of likely N-dealkylation sites (tertiary alicyclic amines) is 1. The van der Waals surface area contributed by atoms with Gasteiger partial charge in [0.25, 0.3) is 5.91 Å². The number of morpholine rings is 1. The van der Waals surface area contributed by atoms with Crippen molar-refractivity contribution in [3.8, 4) is 11.3 Å². The number of anilines is 2. The lowest BCUT2D eigenvalue weighted by Crippen LogP contribution is -2.37. The molecule has 1 unspecified atom stereocenters. The molecule has 2 aliphatic heterocycles. The van der Waals surface area contributed by atoms with E-state index in [-0.39, 0.29) is 30.7 Å². The highest BCUT2D eigenvalue weighted by molar-refractivity contribution is 5.94.